The van der Waals surface area contributed by atoms with Gasteiger partial charge in [-0.1, -0.05) is 24.3 Å². The van der Waals surface area contributed by atoms with E-state index in [2.05, 4.69) is 0 Å². The minimum Gasteiger partial charge on any atom is -0.488 e. The van der Waals surface area contributed by atoms with Gasteiger partial charge in [0.05, 0.1) is 0 Å². The van der Waals surface area contributed by atoms with Crippen LogP contribution in [0.3, 0.4) is 0 Å². The highest BCUT2D eigenvalue weighted by molar-refractivity contribution is 7.98. The number of carboxylic acids is 1. The van der Waals surface area contributed by atoms with Gasteiger partial charge in [-0.2, -0.15) is 0 Å². The van der Waals surface area contributed by atoms with E-state index < -0.39 is 5.97 Å². The molecule has 1 N–H and O–H groups in total. The molecule has 2 aromatic carbocycles. The van der Waals surface area contributed by atoms with Crippen molar-refractivity contribution in [2.75, 3.05) is 6.26 Å². The fourth-order valence-electron chi connectivity index (χ4n) is 1.89. The van der Waals surface area contributed by atoms with Crippen LogP contribution < -0.4 is 4.74 Å². The molecule has 0 amide bonds. The average Bonchev–Trinajstić information content (AvgIpc) is 2.46. The molecule has 2 aromatic rings. The van der Waals surface area contributed by atoms with E-state index in [1.54, 1.807) is 23.9 Å². The third-order valence-corrected chi connectivity index (χ3v) is 3.73. The number of carbonyl (C=O) groups is 1. The van der Waals surface area contributed by atoms with Crippen molar-refractivity contribution < 1.29 is 14.6 Å². The standard InChI is InChI=1S/C16H16O3S/c1-11-4-3-5-14(16(17)18)15(11)19-10-12-6-8-13(20-2)9-7-12/h3-9H,10H2,1-2H3,(H,17,18). The van der Waals surface area contributed by atoms with Crippen LogP contribution in [0.1, 0.15) is 21.5 Å². The van der Waals surface area contributed by atoms with Crippen LogP contribution in [0.25, 0.3) is 0 Å². The summed E-state index contributed by atoms with van der Waals surface area (Å²) < 4.78 is 5.70. The predicted octanol–water partition coefficient (Wildman–Crippen LogP) is 3.99. The number of hydrogen-bond donors (Lipinski definition) is 1. The van der Waals surface area contributed by atoms with Gasteiger partial charge in [0.15, 0.2) is 0 Å². The fourth-order valence-corrected chi connectivity index (χ4v) is 2.30. The van der Waals surface area contributed by atoms with Crippen molar-refractivity contribution in [3.63, 3.8) is 0 Å². The highest BCUT2D eigenvalue weighted by atomic mass is 32.2. The summed E-state index contributed by atoms with van der Waals surface area (Å²) in [5.41, 5.74) is 2.04. The first-order valence-electron chi connectivity index (χ1n) is 6.20. The van der Waals surface area contributed by atoms with Crippen LogP contribution in [0.4, 0.5) is 0 Å². The Balaban J connectivity index is 2.16. The van der Waals surface area contributed by atoms with E-state index in [1.165, 1.54) is 4.90 Å². The number of ether oxygens (including phenoxy) is 1. The Hall–Kier alpha value is -1.94. The lowest BCUT2D eigenvalue weighted by molar-refractivity contribution is 0.0691. The van der Waals surface area contributed by atoms with Gasteiger partial charge >= 0.3 is 5.97 Å². The number of para-hydroxylation sites is 1. The normalized spacial score (nSPS) is 10.3. The van der Waals surface area contributed by atoms with E-state index in [9.17, 15) is 9.90 Å². The van der Waals surface area contributed by atoms with Gasteiger partial charge in [0.1, 0.15) is 17.9 Å². The molecule has 0 aromatic heterocycles. The van der Waals surface area contributed by atoms with Crippen LogP contribution in [0.2, 0.25) is 0 Å². The number of aromatic carboxylic acids is 1. The van der Waals surface area contributed by atoms with Gasteiger partial charge in [-0.15, -0.1) is 11.8 Å². The third kappa shape index (κ3) is 3.33. The predicted molar refractivity (Wildman–Crippen MR) is 80.7 cm³/mol. The Labute approximate surface area is 122 Å². The molecule has 0 atom stereocenters. The fraction of sp³-hybridized carbons (Fsp3) is 0.188. The van der Waals surface area contributed by atoms with Crippen molar-refractivity contribution >= 4 is 17.7 Å². The molecule has 0 aliphatic heterocycles. The number of thioether (sulfide) groups is 1. The summed E-state index contributed by atoms with van der Waals surface area (Å²) in [5, 5.41) is 9.17. The second kappa shape index (κ2) is 6.48. The Kier molecular flexibility index (Phi) is 4.69. The van der Waals surface area contributed by atoms with E-state index in [-0.39, 0.29) is 5.56 Å². The molecule has 0 fully saturated rings. The van der Waals surface area contributed by atoms with E-state index in [0.717, 1.165) is 11.1 Å². The van der Waals surface area contributed by atoms with Crippen molar-refractivity contribution in [1.29, 1.82) is 0 Å². The summed E-state index contributed by atoms with van der Waals surface area (Å²) in [6.07, 6.45) is 2.03. The first-order valence-corrected chi connectivity index (χ1v) is 7.43. The molecule has 0 saturated carbocycles. The zero-order valence-corrected chi connectivity index (χ0v) is 12.2. The number of carboxylic acid groups (broad SMARTS) is 1. The molecule has 0 aliphatic rings. The van der Waals surface area contributed by atoms with Gasteiger partial charge in [-0.05, 0) is 42.5 Å². The van der Waals surface area contributed by atoms with Crippen LogP contribution in [-0.4, -0.2) is 17.3 Å². The molecule has 3 nitrogen and oxygen atoms in total. The lowest BCUT2D eigenvalue weighted by Crippen LogP contribution is -2.04. The molecule has 2 rings (SSSR count). The van der Waals surface area contributed by atoms with Crippen LogP contribution in [0.5, 0.6) is 5.75 Å². The van der Waals surface area contributed by atoms with E-state index in [4.69, 9.17) is 4.74 Å². The van der Waals surface area contributed by atoms with Gasteiger partial charge in [0.25, 0.3) is 0 Å². The maximum Gasteiger partial charge on any atom is 0.339 e. The molecule has 104 valence electrons. The Bertz CT molecular complexity index is 606. The van der Waals surface area contributed by atoms with E-state index in [1.807, 2.05) is 43.5 Å². The Morgan fingerprint density at radius 1 is 1.20 bits per heavy atom. The van der Waals surface area contributed by atoms with Crippen molar-refractivity contribution in [2.45, 2.75) is 18.4 Å². The molecule has 0 heterocycles. The molecule has 20 heavy (non-hydrogen) atoms. The summed E-state index contributed by atoms with van der Waals surface area (Å²) in [7, 11) is 0. The lowest BCUT2D eigenvalue weighted by Gasteiger charge is -2.12. The van der Waals surface area contributed by atoms with Crippen molar-refractivity contribution in [1.82, 2.24) is 0 Å². The Morgan fingerprint density at radius 3 is 2.50 bits per heavy atom. The minimum absolute atomic E-state index is 0.200. The van der Waals surface area contributed by atoms with Gasteiger partial charge < -0.3 is 9.84 Å². The SMILES string of the molecule is CSc1ccc(COc2c(C)cccc2C(=O)O)cc1. The largest absolute Gasteiger partial charge is 0.488 e. The van der Waals surface area contributed by atoms with Crippen molar-refractivity contribution in [3.05, 3.63) is 59.2 Å². The monoisotopic (exact) mass is 288 g/mol. The van der Waals surface area contributed by atoms with Gasteiger partial charge in [-0.25, -0.2) is 4.79 Å². The third-order valence-electron chi connectivity index (χ3n) is 2.98. The summed E-state index contributed by atoms with van der Waals surface area (Å²) in [6, 6.07) is 13.2. The number of rotatable bonds is 5. The van der Waals surface area contributed by atoms with E-state index >= 15 is 0 Å². The molecule has 0 bridgehead atoms. The summed E-state index contributed by atoms with van der Waals surface area (Å²) in [5.74, 6) is -0.532. The average molecular weight is 288 g/mol. The highest BCUT2D eigenvalue weighted by Gasteiger charge is 2.13. The van der Waals surface area contributed by atoms with Crippen molar-refractivity contribution in [3.8, 4) is 5.75 Å². The second-order valence-electron chi connectivity index (χ2n) is 4.39. The summed E-state index contributed by atoms with van der Waals surface area (Å²) in [6.45, 7) is 2.21. The maximum atomic E-state index is 11.2. The van der Waals surface area contributed by atoms with Gasteiger partial charge in [0, 0.05) is 4.90 Å². The maximum absolute atomic E-state index is 11.2. The molecular weight excluding hydrogens is 272 g/mol. The quantitative estimate of drug-likeness (QED) is 0.845. The lowest BCUT2D eigenvalue weighted by atomic mass is 10.1. The zero-order valence-electron chi connectivity index (χ0n) is 11.4. The first kappa shape index (κ1) is 14.5. The van der Waals surface area contributed by atoms with Crippen LogP contribution in [0, 0.1) is 6.92 Å². The number of hydrogen-bond acceptors (Lipinski definition) is 3. The van der Waals surface area contributed by atoms with Crippen molar-refractivity contribution in [2.24, 2.45) is 0 Å². The molecular formula is C16H16O3S. The topological polar surface area (TPSA) is 46.5 Å². The van der Waals surface area contributed by atoms with Gasteiger partial charge in [-0.3, -0.25) is 0 Å². The zero-order chi connectivity index (χ0) is 14.5. The van der Waals surface area contributed by atoms with Crippen LogP contribution in [0.15, 0.2) is 47.4 Å². The number of aryl methyl sites for hydroxylation is 1. The van der Waals surface area contributed by atoms with Gasteiger partial charge in [0.2, 0.25) is 0 Å². The molecule has 0 saturated heterocycles. The second-order valence-corrected chi connectivity index (χ2v) is 5.27. The molecule has 4 heteroatoms. The molecule has 0 unspecified atom stereocenters. The molecule has 0 spiro atoms. The smallest absolute Gasteiger partial charge is 0.339 e. The number of benzene rings is 2. The van der Waals surface area contributed by atoms with Crippen LogP contribution in [-0.2, 0) is 6.61 Å². The highest BCUT2D eigenvalue weighted by Crippen LogP contribution is 2.25. The summed E-state index contributed by atoms with van der Waals surface area (Å²) >= 11 is 1.68. The molecule has 0 radical (unpaired) electrons. The first-order chi connectivity index (χ1) is 9.61. The van der Waals surface area contributed by atoms with Crippen LogP contribution >= 0.6 is 11.8 Å². The Morgan fingerprint density at radius 2 is 1.90 bits per heavy atom. The molecule has 0 aliphatic carbocycles. The minimum atomic E-state index is -0.971. The summed E-state index contributed by atoms with van der Waals surface area (Å²) in [4.78, 5) is 12.4. The van der Waals surface area contributed by atoms with E-state index in [0.29, 0.717) is 12.4 Å².